The minimum Gasteiger partial charge on any atom is -0.395 e. The molecule has 0 saturated carbocycles. The van der Waals surface area contributed by atoms with Crippen molar-refractivity contribution in [3.05, 3.63) is 0 Å². The second-order valence-corrected chi connectivity index (χ2v) is 1.08. The number of rotatable bonds is 1. The maximum atomic E-state index is 7.84. The smallest absolute Gasteiger partial charge is 0.0645 e. The summed E-state index contributed by atoms with van der Waals surface area (Å²) in [6.07, 6.45) is 0.250. The summed E-state index contributed by atoms with van der Waals surface area (Å²) in [5.74, 6) is 0. The van der Waals surface area contributed by atoms with E-state index in [0.29, 0.717) is 0 Å². The molecule has 11 heavy (non-hydrogen) atoms. The van der Waals surface area contributed by atoms with Gasteiger partial charge in [0.05, 0.1) is 31.2 Å². The Kier molecular flexibility index (Phi) is 58.3. The molecular weight excluding hydrogens is 142 g/mol. The number of hydrogen-bond donors (Lipinski definition) is 1. The van der Waals surface area contributed by atoms with Gasteiger partial charge in [0.15, 0.2) is 0 Å². The van der Waals surface area contributed by atoms with Gasteiger partial charge in [-0.15, -0.1) is 0 Å². The maximum Gasteiger partial charge on any atom is 0.0645 e. The molecule has 0 aromatic carbocycles. The molecule has 0 amide bonds. The lowest BCUT2D eigenvalue weighted by Gasteiger charge is -1.67. The summed E-state index contributed by atoms with van der Waals surface area (Å²) < 4.78 is 0. The van der Waals surface area contributed by atoms with Gasteiger partial charge in [-0.05, 0) is 0 Å². The van der Waals surface area contributed by atoms with Crippen molar-refractivity contribution in [1.82, 2.24) is 0 Å². The molecule has 0 spiro atoms. The standard InChI is InChI=1S/C3H5NO.2C2H3N/c4-2-1-3-5;2*1-2-3/h5H,1,3H2;2*1H3. The zero-order chi connectivity index (χ0) is 9.54. The normalized spacial score (nSPS) is 4.36. The topological polar surface area (TPSA) is 91.6 Å². The highest BCUT2D eigenvalue weighted by Gasteiger charge is 1.66. The number of nitrogens with zero attached hydrogens (tertiary/aromatic N) is 3. The van der Waals surface area contributed by atoms with Crippen LogP contribution >= 0.6 is 0 Å². The Labute approximate surface area is 66.9 Å². The number of hydrogen-bond acceptors (Lipinski definition) is 4. The summed E-state index contributed by atoms with van der Waals surface area (Å²) in [5.41, 5.74) is 0. The predicted molar refractivity (Wildman–Crippen MR) is 39.9 cm³/mol. The van der Waals surface area contributed by atoms with Gasteiger partial charge in [-0.2, -0.15) is 15.8 Å². The van der Waals surface area contributed by atoms with E-state index in [1.165, 1.54) is 13.8 Å². The largest absolute Gasteiger partial charge is 0.395 e. The van der Waals surface area contributed by atoms with Gasteiger partial charge in [0.25, 0.3) is 0 Å². The van der Waals surface area contributed by atoms with Crippen LogP contribution in [0, 0.1) is 34.0 Å². The molecule has 0 radical (unpaired) electrons. The molecule has 60 valence electrons. The molecule has 4 heteroatoms. The Morgan fingerprint density at radius 1 is 1.09 bits per heavy atom. The van der Waals surface area contributed by atoms with E-state index in [9.17, 15) is 0 Å². The first kappa shape index (κ1) is 16.2. The summed E-state index contributed by atoms with van der Waals surface area (Å²) >= 11 is 0. The zero-order valence-electron chi connectivity index (χ0n) is 6.70. The minimum atomic E-state index is -0.0174. The van der Waals surface area contributed by atoms with Crippen LogP contribution in [0.4, 0.5) is 0 Å². The van der Waals surface area contributed by atoms with Crippen molar-refractivity contribution in [2.45, 2.75) is 20.3 Å². The first-order chi connectivity index (χ1) is 5.24. The van der Waals surface area contributed by atoms with Crippen molar-refractivity contribution < 1.29 is 5.11 Å². The fourth-order valence-electron chi connectivity index (χ4n) is 0.0500. The quantitative estimate of drug-likeness (QED) is 0.607. The van der Waals surface area contributed by atoms with E-state index in [2.05, 4.69) is 0 Å². The van der Waals surface area contributed by atoms with Crippen molar-refractivity contribution in [1.29, 1.82) is 15.8 Å². The van der Waals surface area contributed by atoms with Crippen LogP contribution in [-0.2, 0) is 0 Å². The summed E-state index contributed by atoms with van der Waals surface area (Å²) in [7, 11) is 0. The number of aliphatic hydroxyl groups excluding tert-OH is 1. The molecule has 0 aliphatic heterocycles. The monoisotopic (exact) mass is 153 g/mol. The average molecular weight is 153 g/mol. The van der Waals surface area contributed by atoms with Gasteiger partial charge in [-0.1, -0.05) is 0 Å². The summed E-state index contributed by atoms with van der Waals surface area (Å²) in [4.78, 5) is 0. The van der Waals surface area contributed by atoms with Crippen molar-refractivity contribution in [2.75, 3.05) is 6.61 Å². The van der Waals surface area contributed by atoms with Crippen LogP contribution < -0.4 is 0 Å². The van der Waals surface area contributed by atoms with E-state index >= 15 is 0 Å². The molecule has 0 bridgehead atoms. The van der Waals surface area contributed by atoms with Crippen LogP contribution in [0.2, 0.25) is 0 Å². The van der Waals surface area contributed by atoms with Crippen molar-refractivity contribution in [2.24, 2.45) is 0 Å². The highest BCUT2D eigenvalue weighted by molar-refractivity contribution is 4.65. The van der Waals surface area contributed by atoms with E-state index in [1.54, 1.807) is 18.2 Å². The van der Waals surface area contributed by atoms with Crippen LogP contribution in [-0.4, -0.2) is 11.7 Å². The van der Waals surface area contributed by atoms with E-state index in [0.717, 1.165) is 0 Å². The lowest BCUT2D eigenvalue weighted by atomic mass is 10.5. The lowest BCUT2D eigenvalue weighted by Crippen LogP contribution is -1.72. The molecule has 0 rings (SSSR count). The van der Waals surface area contributed by atoms with Crippen LogP contribution in [0.5, 0.6) is 0 Å². The second kappa shape index (κ2) is 39.6. The Morgan fingerprint density at radius 2 is 1.36 bits per heavy atom. The maximum absolute atomic E-state index is 7.84. The average Bonchev–Trinajstić information content (AvgIpc) is 1.92. The van der Waals surface area contributed by atoms with Gasteiger partial charge < -0.3 is 5.11 Å². The second-order valence-electron chi connectivity index (χ2n) is 1.08. The minimum absolute atomic E-state index is 0.0174. The van der Waals surface area contributed by atoms with Gasteiger partial charge in [0.2, 0.25) is 0 Å². The molecule has 0 saturated heterocycles. The molecule has 0 aliphatic carbocycles. The van der Waals surface area contributed by atoms with E-state index < -0.39 is 0 Å². The van der Waals surface area contributed by atoms with Gasteiger partial charge in [-0.25, -0.2) is 0 Å². The van der Waals surface area contributed by atoms with Crippen molar-refractivity contribution in [3.8, 4) is 18.2 Å². The highest BCUT2D eigenvalue weighted by atomic mass is 16.2. The van der Waals surface area contributed by atoms with E-state index in [4.69, 9.17) is 20.9 Å². The Bertz CT molecular complexity index is 146. The summed E-state index contributed by atoms with van der Waals surface area (Å²) in [6.45, 7) is 2.84. The van der Waals surface area contributed by atoms with E-state index in [-0.39, 0.29) is 13.0 Å². The number of nitriles is 3. The van der Waals surface area contributed by atoms with Gasteiger partial charge in [-0.3, -0.25) is 0 Å². The van der Waals surface area contributed by atoms with Crippen LogP contribution in [0.15, 0.2) is 0 Å². The van der Waals surface area contributed by atoms with Gasteiger partial charge in [0.1, 0.15) is 0 Å². The summed E-state index contributed by atoms with van der Waals surface area (Å²) in [5, 5.41) is 30.1. The molecule has 1 N–H and O–H groups in total. The Hall–Kier alpha value is -1.57. The molecular formula is C7H11N3O. The van der Waals surface area contributed by atoms with Crippen molar-refractivity contribution >= 4 is 0 Å². The molecule has 0 aromatic rings. The third-order valence-corrected chi connectivity index (χ3v) is 0.224. The zero-order valence-corrected chi connectivity index (χ0v) is 6.70. The van der Waals surface area contributed by atoms with Gasteiger partial charge in [0, 0.05) is 13.8 Å². The molecule has 0 fully saturated rings. The predicted octanol–water partition coefficient (Wildman–Crippen LogP) is 0.952. The number of aliphatic hydroxyl groups is 1. The Balaban J connectivity index is -0.0000000933. The van der Waals surface area contributed by atoms with Crippen molar-refractivity contribution in [3.63, 3.8) is 0 Å². The lowest BCUT2D eigenvalue weighted by molar-refractivity contribution is 0.304. The molecule has 4 nitrogen and oxygen atoms in total. The van der Waals surface area contributed by atoms with E-state index in [1.807, 2.05) is 0 Å². The third-order valence-electron chi connectivity index (χ3n) is 0.224. The molecule has 0 unspecified atom stereocenters. The Morgan fingerprint density at radius 3 is 1.36 bits per heavy atom. The fourth-order valence-corrected chi connectivity index (χ4v) is 0.0500. The molecule has 0 aromatic heterocycles. The third kappa shape index (κ3) is 1890. The van der Waals surface area contributed by atoms with Crippen LogP contribution in [0.1, 0.15) is 20.3 Å². The first-order valence-corrected chi connectivity index (χ1v) is 2.84. The highest BCUT2D eigenvalue weighted by Crippen LogP contribution is 1.62. The van der Waals surface area contributed by atoms with Gasteiger partial charge >= 0.3 is 0 Å². The summed E-state index contributed by atoms with van der Waals surface area (Å²) in [6, 6.07) is 5.27. The SMILES string of the molecule is CC#N.CC#N.N#CCCO. The molecule has 0 aliphatic rings. The van der Waals surface area contributed by atoms with Crippen LogP contribution in [0.3, 0.4) is 0 Å². The molecule has 0 atom stereocenters. The first-order valence-electron chi connectivity index (χ1n) is 2.84. The molecule has 0 heterocycles. The fraction of sp³-hybridized carbons (Fsp3) is 0.571. The van der Waals surface area contributed by atoms with Crippen LogP contribution in [0.25, 0.3) is 0 Å².